The Morgan fingerprint density at radius 1 is 0.459 bits per heavy atom. The van der Waals surface area contributed by atoms with Crippen molar-refractivity contribution in [3.05, 3.63) is 108 Å². The summed E-state index contributed by atoms with van der Waals surface area (Å²) in [4.78, 5) is 47.4. The van der Waals surface area contributed by atoms with Crippen LogP contribution in [0.1, 0.15) is 136 Å². The van der Waals surface area contributed by atoms with Gasteiger partial charge in [-0.25, -0.2) is 23.6 Å². The third-order valence-corrected chi connectivity index (χ3v) is 9.60. The van der Waals surface area contributed by atoms with Crippen molar-refractivity contribution in [3.8, 4) is 23.0 Å². The number of carbonyl (C=O) groups is 4. The molecule has 3 aromatic rings. The molecule has 0 aliphatic rings. The van der Waals surface area contributed by atoms with Gasteiger partial charge < -0.3 is 28.4 Å². The molecule has 0 radical (unpaired) electrons. The molecule has 0 heterocycles. The van der Waals surface area contributed by atoms with Crippen molar-refractivity contribution >= 4 is 23.9 Å². The number of esters is 4. The van der Waals surface area contributed by atoms with Gasteiger partial charge in [0.25, 0.3) is 0 Å². The van der Waals surface area contributed by atoms with Gasteiger partial charge in [0, 0.05) is 18.2 Å². The second-order valence-corrected chi connectivity index (χ2v) is 14.4. The summed E-state index contributed by atoms with van der Waals surface area (Å²) < 4.78 is 76.0. The van der Waals surface area contributed by atoms with Crippen molar-refractivity contribution in [1.29, 1.82) is 0 Å². The number of ether oxygens (including phenoxy) is 6. The normalized spacial score (nSPS) is 10.7. The zero-order chi connectivity index (χ0) is 44.1. The van der Waals surface area contributed by atoms with E-state index in [9.17, 15) is 32.3 Å². The molecule has 61 heavy (non-hydrogen) atoms. The SMILES string of the molecule is C=CC(=O)OCCCCCCCCCCCOc1ccc(C(=O)Oc2cc(F)c(OC(=O)c3ccc(OCCCCCCCCCCCOC(=O)C=C)cc3)c(F)c2F)cc1. The minimum Gasteiger partial charge on any atom is -0.494 e. The molecule has 0 fully saturated rings. The molecule has 13 heteroatoms. The standard InChI is InChI=1S/C48H59F3O10/c1-3-42(52)58-33-21-17-13-9-5-7-11-15-19-31-56-38-27-23-36(24-28-38)47(54)60-41-35-40(49)46(45(51)44(41)50)61-48(55)37-25-29-39(30-26-37)57-32-20-16-12-8-6-10-14-18-22-34-59-43(53)4-2/h3-4,23-30,35H,1-2,5-22,31-34H2. The number of rotatable bonds is 32. The quantitative estimate of drug-likeness (QED) is 0.0197. The minimum absolute atomic E-state index is 0.00476. The molecule has 0 saturated heterocycles. The summed E-state index contributed by atoms with van der Waals surface area (Å²) in [7, 11) is 0. The van der Waals surface area contributed by atoms with Crippen molar-refractivity contribution < 1.29 is 60.8 Å². The van der Waals surface area contributed by atoms with Gasteiger partial charge in [-0.05, 0) is 74.2 Å². The summed E-state index contributed by atoms with van der Waals surface area (Å²) in [6.07, 6.45) is 21.0. The van der Waals surface area contributed by atoms with Crippen LogP contribution in [0.3, 0.4) is 0 Å². The molecule has 0 N–H and O–H groups in total. The second-order valence-electron chi connectivity index (χ2n) is 14.4. The average Bonchev–Trinajstić information content (AvgIpc) is 3.27. The third kappa shape index (κ3) is 20.0. The molecule has 0 saturated carbocycles. The van der Waals surface area contributed by atoms with Gasteiger partial charge in [-0.2, -0.15) is 8.78 Å². The molecule has 0 aromatic heterocycles. The van der Waals surface area contributed by atoms with Crippen LogP contribution < -0.4 is 18.9 Å². The van der Waals surface area contributed by atoms with Crippen molar-refractivity contribution in [2.45, 2.75) is 116 Å². The van der Waals surface area contributed by atoms with E-state index in [0.29, 0.717) is 44.0 Å². The van der Waals surface area contributed by atoms with E-state index in [1.54, 1.807) is 0 Å². The monoisotopic (exact) mass is 852 g/mol. The molecule has 0 aliphatic carbocycles. The van der Waals surface area contributed by atoms with Crippen LogP contribution in [-0.2, 0) is 19.1 Å². The lowest BCUT2D eigenvalue weighted by molar-refractivity contribution is -0.138. The topological polar surface area (TPSA) is 124 Å². The third-order valence-electron chi connectivity index (χ3n) is 9.60. The van der Waals surface area contributed by atoms with E-state index in [4.69, 9.17) is 28.4 Å². The summed E-state index contributed by atoms with van der Waals surface area (Å²) in [5, 5.41) is 0. The molecule has 3 rings (SSSR count). The fourth-order valence-corrected chi connectivity index (χ4v) is 6.14. The average molecular weight is 853 g/mol. The van der Waals surface area contributed by atoms with Crippen molar-refractivity contribution in [2.75, 3.05) is 26.4 Å². The first kappa shape index (κ1) is 49.8. The molecule has 10 nitrogen and oxygen atoms in total. The van der Waals surface area contributed by atoms with E-state index >= 15 is 0 Å². The Labute approximate surface area is 357 Å². The first-order valence-electron chi connectivity index (χ1n) is 21.3. The fourth-order valence-electron chi connectivity index (χ4n) is 6.14. The number of halogens is 3. The van der Waals surface area contributed by atoms with Crippen molar-refractivity contribution in [2.24, 2.45) is 0 Å². The predicted octanol–water partition coefficient (Wildman–Crippen LogP) is 11.8. The molecule has 0 aliphatic heterocycles. The summed E-state index contributed by atoms with van der Waals surface area (Å²) in [5.74, 6) is -9.20. The lowest BCUT2D eigenvalue weighted by atomic mass is 10.1. The van der Waals surface area contributed by atoms with Crippen LogP contribution in [0.15, 0.2) is 79.9 Å². The van der Waals surface area contributed by atoms with Gasteiger partial charge in [0.15, 0.2) is 11.6 Å². The highest BCUT2D eigenvalue weighted by Crippen LogP contribution is 2.32. The first-order valence-corrected chi connectivity index (χ1v) is 21.3. The summed E-state index contributed by atoms with van der Waals surface area (Å²) in [6, 6.07) is 12.1. The smallest absolute Gasteiger partial charge is 0.343 e. The van der Waals surface area contributed by atoms with Crippen LogP contribution in [0.25, 0.3) is 0 Å². The highest BCUT2D eigenvalue weighted by Gasteiger charge is 2.26. The Morgan fingerprint density at radius 3 is 1.18 bits per heavy atom. The Kier molecular flexibility index (Phi) is 24.2. The van der Waals surface area contributed by atoms with E-state index in [2.05, 4.69) is 13.2 Å². The van der Waals surface area contributed by atoms with E-state index in [1.807, 2.05) is 0 Å². The maximum atomic E-state index is 14.9. The van der Waals surface area contributed by atoms with Crippen molar-refractivity contribution in [1.82, 2.24) is 0 Å². The largest absolute Gasteiger partial charge is 0.494 e. The molecule has 0 spiro atoms. The lowest BCUT2D eigenvalue weighted by Gasteiger charge is -2.12. The van der Waals surface area contributed by atoms with Gasteiger partial charge in [0.2, 0.25) is 17.4 Å². The molecular weight excluding hydrogens is 794 g/mol. The van der Waals surface area contributed by atoms with Crippen LogP contribution >= 0.6 is 0 Å². The molecular formula is C48H59F3O10. The summed E-state index contributed by atoms with van der Waals surface area (Å²) in [6.45, 7) is 8.55. The minimum atomic E-state index is -1.83. The van der Waals surface area contributed by atoms with Crippen LogP contribution in [0.5, 0.6) is 23.0 Å². The Hall–Kier alpha value is -5.59. The Bertz CT molecular complexity index is 1810. The second kappa shape index (κ2) is 29.6. The molecule has 0 amide bonds. The van der Waals surface area contributed by atoms with Gasteiger partial charge in [-0.3, -0.25) is 0 Å². The number of hydrogen-bond donors (Lipinski definition) is 0. The zero-order valence-corrected chi connectivity index (χ0v) is 35.0. The van der Waals surface area contributed by atoms with E-state index in [1.165, 1.54) is 54.6 Å². The van der Waals surface area contributed by atoms with Crippen LogP contribution in [0.2, 0.25) is 0 Å². The van der Waals surface area contributed by atoms with Crippen LogP contribution in [0.4, 0.5) is 13.2 Å². The lowest BCUT2D eigenvalue weighted by Crippen LogP contribution is -2.14. The number of carbonyl (C=O) groups excluding carboxylic acids is 4. The van der Waals surface area contributed by atoms with Crippen LogP contribution in [0, 0.1) is 17.5 Å². The Balaban J connectivity index is 1.30. The first-order chi connectivity index (χ1) is 29.6. The zero-order valence-electron chi connectivity index (χ0n) is 35.0. The maximum Gasteiger partial charge on any atom is 0.343 e. The van der Waals surface area contributed by atoms with Gasteiger partial charge in [-0.15, -0.1) is 0 Å². The number of benzene rings is 3. The summed E-state index contributed by atoms with van der Waals surface area (Å²) in [5.41, 5.74) is -0.0521. The van der Waals surface area contributed by atoms with Crippen LogP contribution in [-0.4, -0.2) is 50.3 Å². The highest BCUT2D eigenvalue weighted by molar-refractivity contribution is 5.92. The summed E-state index contributed by atoms with van der Waals surface area (Å²) >= 11 is 0. The van der Waals surface area contributed by atoms with Gasteiger partial charge in [-0.1, -0.05) is 103 Å². The number of unbranched alkanes of at least 4 members (excludes halogenated alkanes) is 16. The highest BCUT2D eigenvalue weighted by atomic mass is 19.2. The van der Waals surface area contributed by atoms with Gasteiger partial charge >= 0.3 is 23.9 Å². The molecule has 0 unspecified atom stereocenters. The van der Waals surface area contributed by atoms with Gasteiger partial charge in [0.1, 0.15) is 11.5 Å². The van der Waals surface area contributed by atoms with E-state index in [-0.39, 0.29) is 23.1 Å². The molecule has 0 bridgehead atoms. The molecule has 332 valence electrons. The van der Waals surface area contributed by atoms with E-state index in [0.717, 1.165) is 122 Å². The maximum absolute atomic E-state index is 14.9. The number of hydrogen-bond acceptors (Lipinski definition) is 10. The Morgan fingerprint density at radius 2 is 0.803 bits per heavy atom. The predicted molar refractivity (Wildman–Crippen MR) is 226 cm³/mol. The fraction of sp³-hybridized carbons (Fsp3) is 0.458. The van der Waals surface area contributed by atoms with Crippen molar-refractivity contribution in [3.63, 3.8) is 0 Å². The van der Waals surface area contributed by atoms with E-state index < -0.39 is 40.9 Å². The molecule has 0 atom stereocenters. The molecule has 3 aromatic carbocycles. The van der Waals surface area contributed by atoms with Gasteiger partial charge in [0.05, 0.1) is 37.6 Å².